The normalized spacial score (nSPS) is 24.6. The van der Waals surface area contributed by atoms with E-state index < -0.39 is 0 Å². The van der Waals surface area contributed by atoms with Gasteiger partial charge in [0.05, 0.1) is 13.2 Å². The van der Waals surface area contributed by atoms with Crippen molar-refractivity contribution < 1.29 is 9.84 Å². The molecule has 0 heterocycles. The molecule has 0 spiro atoms. The van der Waals surface area contributed by atoms with E-state index in [4.69, 9.17) is 4.74 Å². The summed E-state index contributed by atoms with van der Waals surface area (Å²) in [5.74, 6) is 1.58. The Bertz CT molecular complexity index is 387. The van der Waals surface area contributed by atoms with Gasteiger partial charge in [0, 0.05) is 0 Å². The second-order valence-corrected chi connectivity index (χ2v) is 5.56. The van der Waals surface area contributed by atoms with Crippen molar-refractivity contribution in [2.75, 3.05) is 7.11 Å². The van der Waals surface area contributed by atoms with E-state index in [0.717, 1.165) is 25.0 Å². The molecule has 0 amide bonds. The highest BCUT2D eigenvalue weighted by Crippen LogP contribution is 2.30. The van der Waals surface area contributed by atoms with Gasteiger partial charge in [-0.2, -0.15) is 0 Å². The van der Waals surface area contributed by atoms with Crippen LogP contribution in [0.25, 0.3) is 0 Å². The van der Waals surface area contributed by atoms with Crippen molar-refractivity contribution in [3.05, 3.63) is 29.3 Å². The largest absolute Gasteiger partial charge is 0.496 e. The molecule has 0 aliphatic heterocycles. The van der Waals surface area contributed by atoms with Crippen LogP contribution in [-0.2, 0) is 6.42 Å². The molecule has 1 saturated carbocycles. The molecule has 2 heteroatoms. The Kier molecular flexibility index (Phi) is 4.65. The zero-order valence-corrected chi connectivity index (χ0v) is 11.5. The van der Waals surface area contributed by atoms with Crippen LogP contribution in [0.2, 0.25) is 0 Å². The summed E-state index contributed by atoms with van der Waals surface area (Å²) >= 11 is 0. The zero-order valence-electron chi connectivity index (χ0n) is 11.5. The summed E-state index contributed by atoms with van der Waals surface area (Å²) in [6, 6.07) is 6.36. The van der Waals surface area contributed by atoms with Crippen LogP contribution in [0.15, 0.2) is 18.2 Å². The van der Waals surface area contributed by atoms with Crippen LogP contribution in [0.3, 0.4) is 0 Å². The Morgan fingerprint density at radius 3 is 2.83 bits per heavy atom. The molecule has 2 atom stereocenters. The number of methoxy groups -OCH3 is 1. The molecular formula is C16H24O2. The molecule has 2 unspecified atom stereocenters. The number of ether oxygens (including phenoxy) is 1. The molecule has 2 nitrogen and oxygen atoms in total. The Labute approximate surface area is 110 Å². The summed E-state index contributed by atoms with van der Waals surface area (Å²) in [7, 11) is 1.73. The molecular weight excluding hydrogens is 224 g/mol. The third-order valence-electron chi connectivity index (χ3n) is 3.95. The lowest BCUT2D eigenvalue weighted by Gasteiger charge is -2.18. The summed E-state index contributed by atoms with van der Waals surface area (Å²) in [6.07, 6.45) is 6.49. The van der Waals surface area contributed by atoms with E-state index in [0.29, 0.717) is 5.92 Å². The summed E-state index contributed by atoms with van der Waals surface area (Å²) in [5, 5.41) is 9.89. The number of benzene rings is 1. The van der Waals surface area contributed by atoms with E-state index in [1.54, 1.807) is 7.11 Å². The SMILES string of the molecule is COc1ccc(C)cc1CC1CCCCC(O)C1. The fourth-order valence-corrected chi connectivity index (χ4v) is 3.00. The first-order valence-corrected chi connectivity index (χ1v) is 7.00. The van der Waals surface area contributed by atoms with Gasteiger partial charge >= 0.3 is 0 Å². The zero-order chi connectivity index (χ0) is 13.0. The van der Waals surface area contributed by atoms with E-state index in [2.05, 4.69) is 25.1 Å². The Balaban J connectivity index is 2.09. The molecule has 1 aliphatic rings. The summed E-state index contributed by atoms with van der Waals surface area (Å²) in [6.45, 7) is 2.12. The summed E-state index contributed by atoms with van der Waals surface area (Å²) < 4.78 is 5.44. The predicted molar refractivity (Wildman–Crippen MR) is 74.0 cm³/mol. The fraction of sp³-hybridized carbons (Fsp3) is 0.625. The van der Waals surface area contributed by atoms with Gasteiger partial charge in [0.1, 0.15) is 5.75 Å². The highest BCUT2D eigenvalue weighted by atomic mass is 16.5. The maximum absolute atomic E-state index is 9.89. The molecule has 100 valence electrons. The quantitative estimate of drug-likeness (QED) is 0.830. The fourth-order valence-electron chi connectivity index (χ4n) is 3.00. The molecule has 1 N–H and O–H groups in total. The van der Waals surface area contributed by atoms with Gasteiger partial charge in [-0.3, -0.25) is 0 Å². The smallest absolute Gasteiger partial charge is 0.122 e. The monoisotopic (exact) mass is 248 g/mol. The lowest BCUT2D eigenvalue weighted by atomic mass is 9.91. The maximum atomic E-state index is 9.89. The van der Waals surface area contributed by atoms with Crippen LogP contribution < -0.4 is 4.74 Å². The van der Waals surface area contributed by atoms with Crippen LogP contribution >= 0.6 is 0 Å². The number of hydrogen-bond donors (Lipinski definition) is 1. The molecule has 18 heavy (non-hydrogen) atoms. The highest BCUT2D eigenvalue weighted by molar-refractivity contribution is 5.37. The average Bonchev–Trinajstić information content (AvgIpc) is 2.54. The molecule has 1 aromatic carbocycles. The number of aliphatic hydroxyl groups is 1. The van der Waals surface area contributed by atoms with Crippen LogP contribution in [0.4, 0.5) is 0 Å². The van der Waals surface area contributed by atoms with E-state index in [-0.39, 0.29) is 6.10 Å². The molecule has 0 saturated heterocycles. The van der Waals surface area contributed by atoms with Crippen molar-refractivity contribution >= 4 is 0 Å². The minimum Gasteiger partial charge on any atom is -0.496 e. The minimum absolute atomic E-state index is 0.103. The first-order chi connectivity index (χ1) is 8.69. The number of rotatable bonds is 3. The first kappa shape index (κ1) is 13.4. The van der Waals surface area contributed by atoms with Gasteiger partial charge < -0.3 is 9.84 Å². The average molecular weight is 248 g/mol. The van der Waals surface area contributed by atoms with Crippen LogP contribution in [0, 0.1) is 12.8 Å². The van der Waals surface area contributed by atoms with Crippen molar-refractivity contribution in [3.63, 3.8) is 0 Å². The van der Waals surface area contributed by atoms with Crippen molar-refractivity contribution in [1.29, 1.82) is 0 Å². The van der Waals surface area contributed by atoms with E-state index in [1.165, 1.54) is 30.4 Å². The Morgan fingerprint density at radius 2 is 2.06 bits per heavy atom. The van der Waals surface area contributed by atoms with Gasteiger partial charge in [0.15, 0.2) is 0 Å². The van der Waals surface area contributed by atoms with Crippen molar-refractivity contribution in [2.45, 2.75) is 51.6 Å². The molecule has 0 bridgehead atoms. The summed E-state index contributed by atoms with van der Waals surface area (Å²) in [5.41, 5.74) is 2.57. The van der Waals surface area contributed by atoms with Crippen molar-refractivity contribution in [1.82, 2.24) is 0 Å². The van der Waals surface area contributed by atoms with Crippen LogP contribution in [0.1, 0.15) is 43.2 Å². The van der Waals surface area contributed by atoms with Gasteiger partial charge in [0.2, 0.25) is 0 Å². The first-order valence-electron chi connectivity index (χ1n) is 7.00. The van der Waals surface area contributed by atoms with Crippen LogP contribution in [-0.4, -0.2) is 18.3 Å². The standard InChI is InChI=1S/C16H24O2/c1-12-7-8-16(18-2)14(9-12)10-13-5-3-4-6-15(17)11-13/h7-9,13,15,17H,3-6,10-11H2,1-2H3. The molecule has 0 radical (unpaired) electrons. The van der Waals surface area contributed by atoms with E-state index >= 15 is 0 Å². The lowest BCUT2D eigenvalue weighted by Crippen LogP contribution is -2.13. The lowest BCUT2D eigenvalue weighted by molar-refractivity contribution is 0.141. The Hall–Kier alpha value is -1.02. The van der Waals surface area contributed by atoms with Crippen LogP contribution in [0.5, 0.6) is 5.75 Å². The van der Waals surface area contributed by atoms with Crippen molar-refractivity contribution in [2.24, 2.45) is 5.92 Å². The predicted octanol–water partition coefficient (Wildman–Crippen LogP) is 3.49. The third-order valence-corrected chi connectivity index (χ3v) is 3.95. The topological polar surface area (TPSA) is 29.5 Å². The molecule has 1 aromatic rings. The molecule has 0 aromatic heterocycles. The molecule has 1 fully saturated rings. The van der Waals surface area contributed by atoms with Gasteiger partial charge in [-0.05, 0) is 43.7 Å². The highest BCUT2D eigenvalue weighted by Gasteiger charge is 2.20. The Morgan fingerprint density at radius 1 is 1.28 bits per heavy atom. The van der Waals surface area contributed by atoms with Gasteiger partial charge in [-0.25, -0.2) is 0 Å². The number of aryl methyl sites for hydroxylation is 1. The van der Waals surface area contributed by atoms with Gasteiger partial charge in [-0.1, -0.05) is 37.0 Å². The third kappa shape index (κ3) is 3.49. The number of aliphatic hydroxyl groups excluding tert-OH is 1. The second kappa shape index (κ2) is 6.24. The second-order valence-electron chi connectivity index (χ2n) is 5.56. The van der Waals surface area contributed by atoms with E-state index in [9.17, 15) is 5.11 Å². The molecule has 2 rings (SSSR count). The van der Waals surface area contributed by atoms with Crippen molar-refractivity contribution in [3.8, 4) is 5.75 Å². The summed E-state index contributed by atoms with van der Waals surface area (Å²) in [4.78, 5) is 0. The minimum atomic E-state index is -0.103. The molecule has 1 aliphatic carbocycles. The number of hydrogen-bond acceptors (Lipinski definition) is 2. The maximum Gasteiger partial charge on any atom is 0.122 e. The van der Waals surface area contributed by atoms with Gasteiger partial charge in [0.25, 0.3) is 0 Å². The van der Waals surface area contributed by atoms with Gasteiger partial charge in [-0.15, -0.1) is 0 Å². The van der Waals surface area contributed by atoms with E-state index in [1.807, 2.05) is 0 Å².